The normalized spacial score (nSPS) is 42.2. The smallest absolute Gasteiger partial charge is 0.303 e. The van der Waals surface area contributed by atoms with Gasteiger partial charge < -0.3 is 28.8 Å². The number of aliphatic hydroxyl groups is 2. The van der Waals surface area contributed by atoms with E-state index in [-0.39, 0.29) is 5.92 Å². The molecule has 178 valence electrons. The molecule has 0 radical (unpaired) electrons. The van der Waals surface area contributed by atoms with Crippen LogP contribution in [0.2, 0.25) is 0 Å². The Morgan fingerprint density at radius 2 is 1.78 bits per heavy atom. The topological polar surface area (TPSA) is 115 Å². The monoisotopic (exact) mass is 450 g/mol. The number of esters is 2. The van der Waals surface area contributed by atoms with E-state index in [4.69, 9.17) is 18.6 Å². The zero-order valence-corrected chi connectivity index (χ0v) is 19.6. The van der Waals surface area contributed by atoms with Gasteiger partial charge in [-0.15, -0.1) is 0 Å². The molecule has 2 fully saturated rings. The van der Waals surface area contributed by atoms with E-state index in [0.29, 0.717) is 19.3 Å². The summed E-state index contributed by atoms with van der Waals surface area (Å²) < 4.78 is 23.4. The largest absolute Gasteiger partial charge is 0.469 e. The lowest BCUT2D eigenvalue weighted by Gasteiger charge is -2.65. The van der Waals surface area contributed by atoms with Crippen molar-refractivity contribution in [2.75, 3.05) is 7.11 Å². The minimum Gasteiger partial charge on any atom is -0.469 e. The maximum absolute atomic E-state index is 12.4. The second-order valence-corrected chi connectivity index (χ2v) is 10.4. The van der Waals surface area contributed by atoms with E-state index in [9.17, 15) is 19.8 Å². The van der Waals surface area contributed by atoms with Crippen molar-refractivity contribution in [1.29, 1.82) is 0 Å². The van der Waals surface area contributed by atoms with Crippen LogP contribution in [0.15, 0.2) is 16.7 Å². The molecule has 32 heavy (non-hydrogen) atoms. The third-order valence-corrected chi connectivity index (χ3v) is 8.44. The van der Waals surface area contributed by atoms with E-state index in [0.717, 1.165) is 11.3 Å². The molecule has 0 aliphatic heterocycles. The van der Waals surface area contributed by atoms with Crippen LogP contribution in [-0.4, -0.2) is 53.2 Å². The van der Waals surface area contributed by atoms with Crippen molar-refractivity contribution >= 4 is 11.9 Å². The Labute approximate surface area is 188 Å². The summed E-state index contributed by atoms with van der Waals surface area (Å²) in [5, 5.41) is 23.6. The fraction of sp³-hybridized carbons (Fsp3) is 0.750. The molecular formula is C24H34O8. The molecule has 8 nitrogen and oxygen atoms in total. The Kier molecular flexibility index (Phi) is 5.50. The molecule has 1 aromatic heterocycles. The van der Waals surface area contributed by atoms with Crippen LogP contribution in [0.25, 0.3) is 0 Å². The second kappa shape index (κ2) is 7.57. The number of fused-ring (bicyclic) bond motifs is 4. The lowest BCUT2D eigenvalue weighted by molar-refractivity contribution is -0.317. The summed E-state index contributed by atoms with van der Waals surface area (Å²) >= 11 is 0. The molecule has 3 aliphatic carbocycles. The van der Waals surface area contributed by atoms with Gasteiger partial charge >= 0.3 is 11.9 Å². The Balaban J connectivity index is 1.99. The average molecular weight is 451 g/mol. The predicted octanol–water partition coefficient (Wildman–Crippen LogP) is 2.33. The summed E-state index contributed by atoms with van der Waals surface area (Å²) in [6.07, 6.45) is 0.102. The first-order valence-electron chi connectivity index (χ1n) is 11.3. The molecule has 0 saturated heterocycles. The Morgan fingerprint density at radius 3 is 2.38 bits per heavy atom. The molecule has 1 heterocycles. The molecule has 1 aromatic rings. The summed E-state index contributed by atoms with van der Waals surface area (Å²) in [5.74, 6) is -1.87. The first-order chi connectivity index (χ1) is 14.9. The number of hydrogen-bond acceptors (Lipinski definition) is 8. The highest BCUT2D eigenvalue weighted by Crippen LogP contribution is 2.63. The fourth-order valence-electron chi connectivity index (χ4n) is 6.94. The van der Waals surface area contributed by atoms with E-state index >= 15 is 0 Å². The van der Waals surface area contributed by atoms with Crippen molar-refractivity contribution in [1.82, 2.24) is 0 Å². The van der Waals surface area contributed by atoms with Gasteiger partial charge in [-0.1, -0.05) is 13.8 Å². The van der Waals surface area contributed by atoms with E-state index in [1.165, 1.54) is 13.8 Å². The highest BCUT2D eigenvalue weighted by Gasteiger charge is 2.73. The molecule has 0 spiro atoms. The van der Waals surface area contributed by atoms with Crippen molar-refractivity contribution < 1.29 is 38.4 Å². The summed E-state index contributed by atoms with van der Waals surface area (Å²) in [6.45, 7) is 8.28. The van der Waals surface area contributed by atoms with Crippen LogP contribution in [0.1, 0.15) is 58.8 Å². The molecule has 8 heteroatoms. The number of ether oxygens (including phenoxy) is 3. The van der Waals surface area contributed by atoms with Gasteiger partial charge in [0.05, 0.1) is 12.4 Å². The summed E-state index contributed by atoms with van der Waals surface area (Å²) in [7, 11) is 1.58. The van der Waals surface area contributed by atoms with Gasteiger partial charge in [-0.05, 0) is 37.2 Å². The van der Waals surface area contributed by atoms with Crippen LogP contribution in [0, 0.1) is 23.2 Å². The fourth-order valence-corrected chi connectivity index (χ4v) is 6.94. The third kappa shape index (κ3) is 3.06. The first kappa shape index (κ1) is 23.3. The highest BCUT2D eigenvalue weighted by atomic mass is 16.6. The molecule has 0 aromatic carbocycles. The Bertz CT molecular complexity index is 906. The third-order valence-electron chi connectivity index (χ3n) is 8.44. The van der Waals surface area contributed by atoms with Crippen molar-refractivity contribution in [3.8, 4) is 0 Å². The standard InChI is InChI=1S/C24H34O8/c1-12(25)31-20-19-14(11-17-15(8-10-30-17)23(19,5)29-6)18-16(27)7-9-22(3,4)24(18,28)21(20)32-13(2)26/h8,10,14,16,18-21,27-28H,7,9,11H2,1-6H3/t14-,16+,18?,19+,20-,21+,23-,24-/m1/s1. The van der Waals surface area contributed by atoms with Gasteiger partial charge in [0.2, 0.25) is 0 Å². The van der Waals surface area contributed by atoms with Gasteiger partial charge in [0.15, 0.2) is 6.10 Å². The van der Waals surface area contributed by atoms with Crippen LogP contribution >= 0.6 is 0 Å². The van der Waals surface area contributed by atoms with Crippen molar-refractivity contribution in [3.05, 3.63) is 23.7 Å². The lowest BCUT2D eigenvalue weighted by Crippen LogP contribution is -2.77. The van der Waals surface area contributed by atoms with Crippen LogP contribution in [0.4, 0.5) is 0 Å². The zero-order chi connectivity index (χ0) is 23.6. The van der Waals surface area contributed by atoms with Crippen LogP contribution in [0.5, 0.6) is 0 Å². The molecule has 4 rings (SSSR count). The van der Waals surface area contributed by atoms with Gasteiger partial charge in [-0.25, -0.2) is 0 Å². The van der Waals surface area contributed by atoms with Crippen molar-refractivity contribution in [3.63, 3.8) is 0 Å². The molecule has 1 unspecified atom stereocenters. The minimum atomic E-state index is -1.63. The molecule has 0 amide bonds. The van der Waals surface area contributed by atoms with E-state index in [2.05, 4.69) is 0 Å². The number of methoxy groups -OCH3 is 1. The second-order valence-electron chi connectivity index (χ2n) is 10.4. The minimum absolute atomic E-state index is 0.339. The number of furan rings is 1. The van der Waals surface area contributed by atoms with Gasteiger partial charge in [0.25, 0.3) is 0 Å². The number of aliphatic hydroxyl groups excluding tert-OH is 1. The van der Waals surface area contributed by atoms with Crippen LogP contribution in [0.3, 0.4) is 0 Å². The average Bonchev–Trinajstić information content (AvgIpc) is 3.17. The zero-order valence-electron chi connectivity index (χ0n) is 19.6. The molecule has 2 saturated carbocycles. The molecular weight excluding hydrogens is 416 g/mol. The van der Waals surface area contributed by atoms with Crippen molar-refractivity contribution in [2.45, 2.75) is 83.4 Å². The first-order valence-corrected chi connectivity index (χ1v) is 11.3. The number of rotatable bonds is 3. The maximum atomic E-state index is 12.4. The Morgan fingerprint density at radius 1 is 1.12 bits per heavy atom. The van der Waals surface area contributed by atoms with E-state index in [1.807, 2.05) is 26.8 Å². The lowest BCUT2D eigenvalue weighted by atomic mass is 9.44. The molecule has 3 aliphatic rings. The number of carbonyl (C=O) groups is 2. The van der Waals surface area contributed by atoms with Crippen molar-refractivity contribution in [2.24, 2.45) is 23.2 Å². The van der Waals surface area contributed by atoms with Crippen LogP contribution < -0.4 is 0 Å². The number of hydrogen-bond donors (Lipinski definition) is 2. The number of carbonyl (C=O) groups excluding carboxylic acids is 2. The van der Waals surface area contributed by atoms with Gasteiger partial charge in [0, 0.05) is 44.8 Å². The van der Waals surface area contributed by atoms with Gasteiger partial charge in [-0.2, -0.15) is 0 Å². The van der Waals surface area contributed by atoms with E-state index < -0.39 is 58.7 Å². The SMILES string of the molecule is CO[C@]1(C)c2ccoc2C[C@@H]2C3[C@@H](O)CCC(C)(C)[C@]3(O)[C@@H](OC(C)=O)[C@H](OC(C)=O)[C@H]21. The highest BCUT2D eigenvalue weighted by molar-refractivity contribution is 5.68. The van der Waals surface area contributed by atoms with Gasteiger partial charge in [0.1, 0.15) is 23.1 Å². The van der Waals surface area contributed by atoms with Gasteiger partial charge in [-0.3, -0.25) is 9.59 Å². The summed E-state index contributed by atoms with van der Waals surface area (Å²) in [6, 6.07) is 1.84. The Hall–Kier alpha value is -1.90. The molecule has 8 atom stereocenters. The predicted molar refractivity (Wildman–Crippen MR) is 112 cm³/mol. The van der Waals surface area contributed by atoms with E-state index in [1.54, 1.807) is 13.4 Å². The summed E-state index contributed by atoms with van der Waals surface area (Å²) in [5.41, 5.74) is -2.47. The van der Waals surface area contributed by atoms with Crippen LogP contribution in [-0.2, 0) is 35.8 Å². The maximum Gasteiger partial charge on any atom is 0.303 e. The molecule has 2 N–H and O–H groups in total. The quantitative estimate of drug-likeness (QED) is 0.675. The summed E-state index contributed by atoms with van der Waals surface area (Å²) in [4.78, 5) is 24.5. The molecule has 0 bridgehead atoms.